The Balaban J connectivity index is 1.37. The molecule has 2 aromatic carbocycles. The zero-order valence-electron chi connectivity index (χ0n) is 18.7. The summed E-state index contributed by atoms with van der Waals surface area (Å²) in [6, 6.07) is 13.5. The molecule has 7 atom stereocenters. The van der Waals surface area contributed by atoms with Gasteiger partial charge in [0.1, 0.15) is 31.0 Å². The second kappa shape index (κ2) is 8.87. The highest BCUT2D eigenvalue weighted by Gasteiger charge is 2.67. The summed E-state index contributed by atoms with van der Waals surface area (Å²) < 4.78 is 11.8. The first kappa shape index (κ1) is 23.7. The SMILES string of the molecule is CON=CC1CC1c1ccc(Cc2cc([C@]34OC[C@](CO)(O3)[C@@H](O)[C@H](O)[C@H]4O)ccc2Cl)cc1. The molecule has 0 radical (unpaired) electrons. The van der Waals surface area contributed by atoms with Crippen molar-refractivity contribution in [3.05, 3.63) is 69.7 Å². The van der Waals surface area contributed by atoms with Gasteiger partial charge in [-0.05, 0) is 47.6 Å². The van der Waals surface area contributed by atoms with E-state index in [9.17, 15) is 20.4 Å². The summed E-state index contributed by atoms with van der Waals surface area (Å²) >= 11 is 6.49. The molecule has 182 valence electrons. The van der Waals surface area contributed by atoms with Crippen molar-refractivity contribution in [1.82, 2.24) is 0 Å². The van der Waals surface area contributed by atoms with Gasteiger partial charge in [0.15, 0.2) is 0 Å². The third-order valence-corrected chi connectivity index (χ3v) is 7.55. The van der Waals surface area contributed by atoms with Crippen molar-refractivity contribution >= 4 is 17.8 Å². The fraction of sp³-hybridized carbons (Fsp3) is 0.480. The van der Waals surface area contributed by atoms with Crippen LogP contribution in [0.25, 0.3) is 0 Å². The lowest BCUT2D eigenvalue weighted by Gasteiger charge is -2.46. The lowest BCUT2D eigenvalue weighted by atomic mass is 9.83. The van der Waals surface area contributed by atoms with E-state index in [1.165, 1.54) is 12.7 Å². The molecule has 8 nitrogen and oxygen atoms in total. The molecule has 4 N–H and O–H groups in total. The number of nitrogens with zero attached hydrogens (tertiary/aromatic N) is 1. The van der Waals surface area contributed by atoms with Crippen molar-refractivity contribution in [3.8, 4) is 0 Å². The molecular weight excluding hydrogens is 462 g/mol. The molecule has 34 heavy (non-hydrogen) atoms. The maximum Gasteiger partial charge on any atom is 0.225 e. The van der Waals surface area contributed by atoms with Gasteiger partial charge in [-0.25, -0.2) is 0 Å². The second-order valence-corrected chi connectivity index (χ2v) is 9.74. The fourth-order valence-corrected chi connectivity index (χ4v) is 5.19. The van der Waals surface area contributed by atoms with Crippen molar-refractivity contribution < 1.29 is 34.7 Å². The normalized spacial score (nSPS) is 36.7. The van der Waals surface area contributed by atoms with Gasteiger partial charge in [0.05, 0.1) is 13.2 Å². The Kier molecular flexibility index (Phi) is 6.18. The number of hydrogen-bond donors (Lipinski definition) is 4. The molecule has 2 bridgehead atoms. The minimum Gasteiger partial charge on any atom is -0.399 e. The van der Waals surface area contributed by atoms with Gasteiger partial charge < -0.3 is 34.7 Å². The van der Waals surface area contributed by atoms with E-state index in [0.29, 0.717) is 28.8 Å². The number of benzene rings is 2. The highest BCUT2D eigenvalue weighted by Crippen LogP contribution is 2.50. The lowest BCUT2D eigenvalue weighted by molar-refractivity contribution is -0.329. The first-order valence-electron chi connectivity index (χ1n) is 11.3. The third kappa shape index (κ3) is 3.83. The van der Waals surface area contributed by atoms with Gasteiger partial charge in [0.2, 0.25) is 5.79 Å². The van der Waals surface area contributed by atoms with Crippen LogP contribution in [0.15, 0.2) is 47.6 Å². The molecule has 5 rings (SSSR count). The summed E-state index contributed by atoms with van der Waals surface area (Å²) in [5.41, 5.74) is 2.04. The predicted molar refractivity (Wildman–Crippen MR) is 124 cm³/mol. The number of aliphatic hydroxyl groups is 4. The van der Waals surface area contributed by atoms with Crippen molar-refractivity contribution in [3.63, 3.8) is 0 Å². The molecule has 2 aromatic rings. The van der Waals surface area contributed by atoms with Crippen LogP contribution in [-0.4, -0.2) is 70.9 Å². The summed E-state index contributed by atoms with van der Waals surface area (Å²) in [5.74, 6) is -0.851. The van der Waals surface area contributed by atoms with E-state index in [1.807, 2.05) is 6.21 Å². The molecule has 1 aliphatic carbocycles. The first-order chi connectivity index (χ1) is 16.3. The average molecular weight is 490 g/mol. The quantitative estimate of drug-likeness (QED) is 0.345. The number of halogens is 1. The van der Waals surface area contributed by atoms with Crippen LogP contribution in [0.5, 0.6) is 0 Å². The van der Waals surface area contributed by atoms with Crippen LogP contribution in [0.2, 0.25) is 5.02 Å². The minimum atomic E-state index is -1.71. The van der Waals surface area contributed by atoms with Gasteiger partial charge in [-0.3, -0.25) is 0 Å². The van der Waals surface area contributed by atoms with Crippen molar-refractivity contribution in [2.24, 2.45) is 11.1 Å². The minimum absolute atomic E-state index is 0.171. The van der Waals surface area contributed by atoms with E-state index >= 15 is 0 Å². The maximum atomic E-state index is 10.8. The Bertz CT molecular complexity index is 1080. The number of aliphatic hydroxyl groups excluding tert-OH is 4. The fourth-order valence-electron chi connectivity index (χ4n) is 5.01. The molecule has 1 saturated carbocycles. The highest BCUT2D eigenvalue weighted by atomic mass is 35.5. The monoisotopic (exact) mass is 489 g/mol. The van der Waals surface area contributed by atoms with Gasteiger partial charge in [0, 0.05) is 22.7 Å². The maximum absolute atomic E-state index is 10.8. The van der Waals surface area contributed by atoms with Crippen molar-refractivity contribution in [1.29, 1.82) is 0 Å². The summed E-state index contributed by atoms with van der Waals surface area (Å²) in [5, 5.41) is 45.8. The van der Waals surface area contributed by atoms with Gasteiger partial charge in [-0.1, -0.05) is 47.1 Å². The Hall–Kier alpha value is -2.04. The summed E-state index contributed by atoms with van der Waals surface area (Å²) in [4.78, 5) is 4.76. The number of fused-ring (bicyclic) bond motifs is 2. The van der Waals surface area contributed by atoms with Crippen LogP contribution in [-0.2, 0) is 26.5 Å². The van der Waals surface area contributed by atoms with Gasteiger partial charge in [0.25, 0.3) is 0 Å². The van der Waals surface area contributed by atoms with E-state index in [-0.39, 0.29) is 6.61 Å². The number of ether oxygens (including phenoxy) is 2. The second-order valence-electron chi connectivity index (χ2n) is 9.33. The van der Waals surface area contributed by atoms with Crippen LogP contribution in [0, 0.1) is 5.92 Å². The van der Waals surface area contributed by atoms with E-state index in [2.05, 4.69) is 29.4 Å². The van der Waals surface area contributed by atoms with Gasteiger partial charge in [-0.2, -0.15) is 0 Å². The van der Waals surface area contributed by atoms with Gasteiger partial charge >= 0.3 is 0 Å². The third-order valence-electron chi connectivity index (χ3n) is 7.18. The zero-order valence-corrected chi connectivity index (χ0v) is 19.4. The van der Waals surface area contributed by atoms with Crippen LogP contribution in [0.3, 0.4) is 0 Å². The predicted octanol–water partition coefficient (Wildman–Crippen LogP) is 1.69. The number of rotatable bonds is 7. The largest absolute Gasteiger partial charge is 0.399 e. The molecule has 3 fully saturated rings. The molecule has 2 heterocycles. The number of oxime groups is 1. The van der Waals surface area contributed by atoms with Crippen LogP contribution >= 0.6 is 11.6 Å². The lowest BCUT2D eigenvalue weighted by Crippen LogP contribution is -2.65. The van der Waals surface area contributed by atoms with Gasteiger partial charge in [-0.15, -0.1) is 0 Å². The Labute approximate surface area is 202 Å². The summed E-state index contributed by atoms with van der Waals surface area (Å²) in [7, 11) is 1.54. The summed E-state index contributed by atoms with van der Waals surface area (Å²) in [6.07, 6.45) is -1.14. The van der Waals surface area contributed by atoms with E-state index in [4.69, 9.17) is 25.9 Å². The van der Waals surface area contributed by atoms with E-state index in [0.717, 1.165) is 17.5 Å². The standard InChI is InChI=1S/C25H28ClNO7/c1-32-27-11-17-10-19(17)15-4-2-14(3-5-15)8-16-9-18(6-7-20(16)26)25-23(31)21(29)22(30)24(12-28,34-25)13-33-25/h2-7,9,11,17,19,21-23,28-31H,8,10,12-13H2,1H3/t17?,19?,21-,22-,23+,24-,25-/m0/s1. The van der Waals surface area contributed by atoms with Crippen LogP contribution < -0.4 is 0 Å². The van der Waals surface area contributed by atoms with Crippen molar-refractivity contribution in [2.45, 2.75) is 48.5 Å². The van der Waals surface area contributed by atoms with E-state index in [1.54, 1.807) is 18.2 Å². The topological polar surface area (TPSA) is 121 Å². The molecule has 0 aromatic heterocycles. The molecule has 9 heteroatoms. The van der Waals surface area contributed by atoms with Crippen LogP contribution in [0.4, 0.5) is 0 Å². The molecule has 0 spiro atoms. The smallest absolute Gasteiger partial charge is 0.225 e. The highest BCUT2D eigenvalue weighted by molar-refractivity contribution is 6.31. The average Bonchev–Trinajstić information content (AvgIpc) is 3.53. The molecule has 0 amide bonds. The molecule has 2 saturated heterocycles. The van der Waals surface area contributed by atoms with E-state index < -0.39 is 36.3 Å². The Morgan fingerprint density at radius 1 is 1.15 bits per heavy atom. The number of hydrogen-bond acceptors (Lipinski definition) is 8. The van der Waals surface area contributed by atoms with Crippen LogP contribution in [0.1, 0.15) is 34.6 Å². The zero-order chi connectivity index (χ0) is 24.1. The molecule has 3 aliphatic rings. The molecular formula is C25H28ClNO7. The Morgan fingerprint density at radius 2 is 1.91 bits per heavy atom. The Morgan fingerprint density at radius 3 is 2.62 bits per heavy atom. The molecule has 2 unspecified atom stereocenters. The first-order valence-corrected chi connectivity index (χ1v) is 11.6. The summed E-state index contributed by atoms with van der Waals surface area (Å²) in [6.45, 7) is -0.735. The molecule has 2 aliphatic heterocycles. The van der Waals surface area contributed by atoms with Crippen molar-refractivity contribution in [2.75, 3.05) is 20.3 Å².